The molecule has 0 aromatic heterocycles. The maximum Gasteiger partial charge on any atom is 0.338 e. The van der Waals surface area contributed by atoms with Gasteiger partial charge in [0.25, 0.3) is 15.9 Å². The Kier molecular flexibility index (Phi) is 7.02. The lowest BCUT2D eigenvalue weighted by atomic mass is 10.2. The quantitative estimate of drug-likeness (QED) is 0.395. The number of anilines is 2. The molecule has 11 heteroatoms. The lowest BCUT2D eigenvalue weighted by Crippen LogP contribution is -2.22. The Morgan fingerprint density at radius 1 is 0.939 bits per heavy atom. The van der Waals surface area contributed by atoms with Gasteiger partial charge in [-0.05, 0) is 49.4 Å². The van der Waals surface area contributed by atoms with Crippen molar-refractivity contribution >= 4 is 33.3 Å². The number of hydrogen-bond acceptors (Lipinski definition) is 5. The summed E-state index contributed by atoms with van der Waals surface area (Å²) in [5.41, 5.74) is 0.479. The molecule has 2 N–H and O–H groups in total. The number of rotatable bonds is 7. The number of benzene rings is 3. The van der Waals surface area contributed by atoms with E-state index in [2.05, 4.69) is 4.72 Å². The van der Waals surface area contributed by atoms with Crippen LogP contribution in [0.4, 0.5) is 24.5 Å². The third kappa shape index (κ3) is 5.89. The molecule has 0 atom stereocenters. The first-order chi connectivity index (χ1) is 15.6. The maximum absolute atomic E-state index is 13.6. The normalized spacial score (nSPS) is 11.0. The van der Waals surface area contributed by atoms with Crippen LogP contribution < -0.4 is 10.0 Å². The summed E-state index contributed by atoms with van der Waals surface area (Å²) in [5.74, 6) is -6.83. The van der Waals surface area contributed by atoms with Crippen LogP contribution in [0.2, 0.25) is 0 Å². The highest BCUT2D eigenvalue weighted by molar-refractivity contribution is 7.92. The maximum atomic E-state index is 13.6. The van der Waals surface area contributed by atoms with Gasteiger partial charge in [-0.15, -0.1) is 0 Å². The molecule has 172 valence electrons. The summed E-state index contributed by atoms with van der Waals surface area (Å²) in [6.07, 6.45) is 0. The Labute approximate surface area is 187 Å². The lowest BCUT2D eigenvalue weighted by molar-refractivity contribution is -0.119. The summed E-state index contributed by atoms with van der Waals surface area (Å²) in [7, 11) is -4.01. The van der Waals surface area contributed by atoms with Crippen LogP contribution >= 0.6 is 0 Å². The lowest BCUT2D eigenvalue weighted by Gasteiger charge is -2.10. The summed E-state index contributed by atoms with van der Waals surface area (Å²) < 4.78 is 72.2. The van der Waals surface area contributed by atoms with E-state index >= 15 is 0 Å². The van der Waals surface area contributed by atoms with Crippen molar-refractivity contribution in [2.24, 2.45) is 0 Å². The minimum Gasteiger partial charge on any atom is -0.452 e. The van der Waals surface area contributed by atoms with Crippen molar-refractivity contribution in [2.45, 2.75) is 11.8 Å². The van der Waals surface area contributed by atoms with Crippen molar-refractivity contribution in [3.63, 3.8) is 0 Å². The molecule has 3 aromatic carbocycles. The number of sulfonamides is 1. The van der Waals surface area contributed by atoms with Crippen LogP contribution in [0.3, 0.4) is 0 Å². The Balaban J connectivity index is 1.65. The second-order valence-corrected chi connectivity index (χ2v) is 8.53. The zero-order valence-electron chi connectivity index (χ0n) is 17.1. The highest BCUT2D eigenvalue weighted by Gasteiger charge is 2.19. The second kappa shape index (κ2) is 9.74. The number of carbonyl (C=O) groups excluding carboxylic acids is 2. The highest BCUT2D eigenvalue weighted by Crippen LogP contribution is 2.20. The van der Waals surface area contributed by atoms with Crippen LogP contribution in [0.5, 0.6) is 0 Å². The fourth-order valence-corrected chi connectivity index (χ4v) is 3.75. The number of hydrogen-bond donors (Lipinski definition) is 2. The van der Waals surface area contributed by atoms with E-state index in [1.54, 1.807) is 24.3 Å². The summed E-state index contributed by atoms with van der Waals surface area (Å²) >= 11 is 0. The van der Waals surface area contributed by atoms with E-state index in [0.29, 0.717) is 11.8 Å². The van der Waals surface area contributed by atoms with Crippen molar-refractivity contribution in [1.29, 1.82) is 0 Å². The fraction of sp³-hybridized carbons (Fsp3) is 0.0909. The van der Waals surface area contributed by atoms with E-state index < -0.39 is 51.6 Å². The third-order valence-electron chi connectivity index (χ3n) is 4.33. The molecule has 0 spiro atoms. The highest BCUT2D eigenvalue weighted by atomic mass is 32.2. The molecule has 0 aliphatic carbocycles. The van der Waals surface area contributed by atoms with Gasteiger partial charge in [0.15, 0.2) is 24.1 Å². The molecule has 0 aliphatic heterocycles. The van der Waals surface area contributed by atoms with E-state index in [1.165, 1.54) is 18.2 Å². The van der Waals surface area contributed by atoms with Crippen LogP contribution in [-0.2, 0) is 19.6 Å². The molecule has 33 heavy (non-hydrogen) atoms. The van der Waals surface area contributed by atoms with Crippen LogP contribution in [-0.4, -0.2) is 26.9 Å². The van der Waals surface area contributed by atoms with Gasteiger partial charge in [0, 0.05) is 5.69 Å². The monoisotopic (exact) mass is 478 g/mol. The van der Waals surface area contributed by atoms with E-state index in [-0.39, 0.29) is 10.5 Å². The topological polar surface area (TPSA) is 102 Å². The Hall–Kier alpha value is -3.86. The van der Waals surface area contributed by atoms with Gasteiger partial charge in [-0.25, -0.2) is 26.4 Å². The fourth-order valence-electron chi connectivity index (χ4n) is 2.65. The van der Waals surface area contributed by atoms with Crippen LogP contribution in [0.25, 0.3) is 0 Å². The molecule has 0 saturated heterocycles. The predicted octanol–water partition coefficient (Wildman–Crippen LogP) is 4.01. The first kappa shape index (κ1) is 23.8. The minimum atomic E-state index is -4.01. The van der Waals surface area contributed by atoms with Crippen LogP contribution in [0, 0.1) is 24.4 Å². The molecule has 0 radical (unpaired) electrons. The van der Waals surface area contributed by atoms with Gasteiger partial charge in [0.2, 0.25) is 0 Å². The second-order valence-electron chi connectivity index (χ2n) is 6.85. The minimum absolute atomic E-state index is 0.159. The summed E-state index contributed by atoms with van der Waals surface area (Å²) in [5, 5.41) is 1.95. The molecule has 1 amide bonds. The number of nitrogens with one attached hydrogen (secondary N) is 2. The van der Waals surface area contributed by atoms with Crippen molar-refractivity contribution in [3.05, 3.63) is 89.2 Å². The SMILES string of the molecule is Cc1ccc(NS(=O)(=O)c2cccc(C(=O)OCC(=O)Nc3ccc(F)c(F)c3F)c2)cc1. The molecule has 0 saturated carbocycles. The smallest absolute Gasteiger partial charge is 0.338 e. The molecular weight excluding hydrogens is 461 g/mol. The van der Waals surface area contributed by atoms with Gasteiger partial charge >= 0.3 is 5.97 Å². The molecule has 0 heterocycles. The van der Waals surface area contributed by atoms with Gasteiger partial charge in [0.1, 0.15) is 0 Å². The number of aryl methyl sites for hydroxylation is 1. The van der Waals surface area contributed by atoms with Crippen molar-refractivity contribution < 1.29 is 35.9 Å². The number of amides is 1. The molecule has 0 bridgehead atoms. The number of esters is 1. The number of carbonyl (C=O) groups is 2. The van der Waals surface area contributed by atoms with Gasteiger partial charge in [-0.2, -0.15) is 0 Å². The molecule has 0 unspecified atom stereocenters. The van der Waals surface area contributed by atoms with Crippen LogP contribution in [0.15, 0.2) is 65.6 Å². The van der Waals surface area contributed by atoms with Crippen molar-refractivity contribution in [1.82, 2.24) is 0 Å². The standard InChI is InChI=1S/C22H17F3N2O5S/c1-13-5-7-15(8-6-13)27-33(30,31)16-4-2-3-14(11-16)22(29)32-12-19(28)26-18-10-9-17(23)20(24)21(18)25/h2-11,27H,12H2,1H3,(H,26,28). The Morgan fingerprint density at radius 3 is 2.33 bits per heavy atom. The van der Waals surface area contributed by atoms with E-state index in [9.17, 15) is 31.2 Å². The molecule has 0 fully saturated rings. The van der Waals surface area contributed by atoms with Gasteiger partial charge in [-0.3, -0.25) is 9.52 Å². The average molecular weight is 478 g/mol. The number of halogens is 3. The van der Waals surface area contributed by atoms with Gasteiger partial charge in [-0.1, -0.05) is 23.8 Å². The van der Waals surface area contributed by atoms with Gasteiger partial charge in [0.05, 0.1) is 16.1 Å². The summed E-state index contributed by atoms with van der Waals surface area (Å²) in [6, 6.07) is 13.0. The van der Waals surface area contributed by atoms with E-state index in [4.69, 9.17) is 4.74 Å². The predicted molar refractivity (Wildman–Crippen MR) is 114 cm³/mol. The zero-order valence-corrected chi connectivity index (χ0v) is 17.9. The Morgan fingerprint density at radius 2 is 1.64 bits per heavy atom. The third-order valence-corrected chi connectivity index (χ3v) is 5.71. The molecule has 3 rings (SSSR count). The van der Waals surface area contributed by atoms with Crippen molar-refractivity contribution in [2.75, 3.05) is 16.6 Å². The van der Waals surface area contributed by atoms with E-state index in [0.717, 1.165) is 17.7 Å². The Bertz CT molecular complexity index is 1310. The summed E-state index contributed by atoms with van der Waals surface area (Å²) in [4.78, 5) is 23.9. The molecule has 0 aliphatic rings. The molecule has 7 nitrogen and oxygen atoms in total. The molecule has 3 aromatic rings. The van der Waals surface area contributed by atoms with Crippen molar-refractivity contribution in [3.8, 4) is 0 Å². The summed E-state index contributed by atoms with van der Waals surface area (Å²) in [6.45, 7) is 0.970. The first-order valence-electron chi connectivity index (χ1n) is 9.37. The van der Waals surface area contributed by atoms with Gasteiger partial charge < -0.3 is 10.1 Å². The number of ether oxygens (including phenoxy) is 1. The average Bonchev–Trinajstić information content (AvgIpc) is 2.79. The van der Waals surface area contributed by atoms with E-state index in [1.807, 2.05) is 12.2 Å². The first-order valence-corrected chi connectivity index (χ1v) is 10.8. The largest absolute Gasteiger partial charge is 0.452 e. The zero-order chi connectivity index (χ0) is 24.2. The van der Waals surface area contributed by atoms with Crippen LogP contribution in [0.1, 0.15) is 15.9 Å². The molecular formula is C22H17F3N2O5S.